The van der Waals surface area contributed by atoms with Crippen molar-refractivity contribution in [2.45, 2.75) is 32.7 Å². The predicted octanol–water partition coefficient (Wildman–Crippen LogP) is 4.26. The van der Waals surface area contributed by atoms with Gasteiger partial charge in [0.15, 0.2) is 11.6 Å². The Hall–Kier alpha value is -2.21. The molecule has 6 heteroatoms. The van der Waals surface area contributed by atoms with Crippen LogP contribution < -0.4 is 4.74 Å². The molecule has 27 heavy (non-hydrogen) atoms. The summed E-state index contributed by atoms with van der Waals surface area (Å²) in [5.74, 6) is -1.50. The molecule has 0 amide bonds. The summed E-state index contributed by atoms with van der Waals surface area (Å²) in [6.45, 7) is 5.67. The highest BCUT2D eigenvalue weighted by molar-refractivity contribution is 6.30. The molecule has 0 N–H and O–H groups in total. The van der Waals surface area contributed by atoms with Crippen molar-refractivity contribution in [1.82, 2.24) is 0 Å². The molecule has 0 bridgehead atoms. The molecule has 2 aromatic carbocycles. The molecule has 0 aromatic heterocycles. The Labute approximate surface area is 163 Å². The molecule has 1 aliphatic rings. The van der Waals surface area contributed by atoms with Gasteiger partial charge in [0.05, 0.1) is 18.6 Å². The maximum atomic E-state index is 12.6. The fourth-order valence-electron chi connectivity index (χ4n) is 2.79. The van der Waals surface area contributed by atoms with Crippen LogP contribution >= 0.6 is 11.6 Å². The molecule has 0 saturated carbocycles. The summed E-state index contributed by atoms with van der Waals surface area (Å²) < 4.78 is 16.7. The van der Waals surface area contributed by atoms with Crippen LogP contribution in [-0.2, 0) is 14.3 Å². The zero-order chi connectivity index (χ0) is 19.6. The molecule has 1 aliphatic heterocycles. The first-order valence-electron chi connectivity index (χ1n) is 8.69. The van der Waals surface area contributed by atoms with Gasteiger partial charge in [-0.2, -0.15) is 0 Å². The Balaban J connectivity index is 1.69. The Morgan fingerprint density at radius 2 is 1.85 bits per heavy atom. The van der Waals surface area contributed by atoms with Gasteiger partial charge in [-0.05, 0) is 57.2 Å². The van der Waals surface area contributed by atoms with Crippen molar-refractivity contribution in [2.24, 2.45) is 5.92 Å². The highest BCUT2D eigenvalue weighted by atomic mass is 35.5. The average molecular weight is 389 g/mol. The number of benzene rings is 2. The summed E-state index contributed by atoms with van der Waals surface area (Å²) in [5, 5.41) is 0.560. The molecule has 1 heterocycles. The van der Waals surface area contributed by atoms with E-state index in [2.05, 4.69) is 0 Å². The molecule has 5 nitrogen and oxygen atoms in total. The lowest BCUT2D eigenvalue weighted by atomic mass is 10.0. The van der Waals surface area contributed by atoms with Gasteiger partial charge in [-0.15, -0.1) is 0 Å². The molecule has 0 radical (unpaired) electrons. The van der Waals surface area contributed by atoms with Crippen molar-refractivity contribution in [1.29, 1.82) is 0 Å². The highest BCUT2D eigenvalue weighted by Gasteiger charge is 2.39. The van der Waals surface area contributed by atoms with Crippen LogP contribution in [-0.4, -0.2) is 30.3 Å². The molecule has 0 aliphatic carbocycles. The first-order chi connectivity index (χ1) is 12.7. The quantitative estimate of drug-likeness (QED) is 0.435. The topological polar surface area (TPSA) is 61.8 Å². The summed E-state index contributed by atoms with van der Waals surface area (Å²) in [4.78, 5) is 25.0. The van der Waals surface area contributed by atoms with E-state index in [1.54, 1.807) is 69.3 Å². The van der Waals surface area contributed by atoms with Gasteiger partial charge in [-0.25, -0.2) is 0 Å². The molecule has 142 valence electrons. The minimum Gasteiger partial charge on any atom is -0.426 e. The predicted molar refractivity (Wildman–Crippen MR) is 101 cm³/mol. The lowest BCUT2D eigenvalue weighted by molar-refractivity contribution is -0.156. The normalized spacial score (nSPS) is 19.5. The minimum atomic E-state index is -0.704. The third-order valence-corrected chi connectivity index (χ3v) is 4.63. The monoisotopic (exact) mass is 388 g/mol. The van der Waals surface area contributed by atoms with Gasteiger partial charge in [-0.1, -0.05) is 23.7 Å². The minimum absolute atomic E-state index is 0.174. The summed E-state index contributed by atoms with van der Waals surface area (Å²) >= 11 is 5.86. The van der Waals surface area contributed by atoms with Crippen LogP contribution in [0.15, 0.2) is 48.5 Å². The fraction of sp³-hybridized carbons (Fsp3) is 0.333. The molecule has 3 rings (SSSR count). The Kier molecular flexibility index (Phi) is 5.65. The summed E-state index contributed by atoms with van der Waals surface area (Å²) in [5.41, 5.74) is 0.937. The van der Waals surface area contributed by atoms with Gasteiger partial charge in [0, 0.05) is 16.1 Å². The summed E-state index contributed by atoms with van der Waals surface area (Å²) in [6, 6.07) is 13.2. The second kappa shape index (κ2) is 7.80. The van der Waals surface area contributed by atoms with Gasteiger partial charge in [0.25, 0.3) is 0 Å². The van der Waals surface area contributed by atoms with Gasteiger partial charge in [0.1, 0.15) is 5.75 Å². The third-order valence-electron chi connectivity index (χ3n) is 4.38. The van der Waals surface area contributed by atoms with Crippen molar-refractivity contribution in [3.8, 4) is 5.75 Å². The first-order valence-corrected chi connectivity index (χ1v) is 9.07. The number of hydrogen-bond donors (Lipinski definition) is 0. The largest absolute Gasteiger partial charge is 0.426 e. The van der Waals surface area contributed by atoms with Crippen molar-refractivity contribution in [2.75, 3.05) is 6.61 Å². The number of esters is 1. The molecule has 1 fully saturated rings. The molecule has 2 aromatic rings. The lowest BCUT2D eigenvalue weighted by Gasteiger charge is -2.20. The lowest BCUT2D eigenvalue weighted by Crippen LogP contribution is -2.32. The second-order valence-corrected chi connectivity index (χ2v) is 7.38. The number of ketones is 1. The van der Waals surface area contributed by atoms with Crippen LogP contribution in [0.3, 0.4) is 0 Å². The second-order valence-electron chi connectivity index (χ2n) is 6.94. The smallest absolute Gasteiger partial charge is 0.316 e. The van der Waals surface area contributed by atoms with E-state index in [0.29, 0.717) is 28.5 Å². The van der Waals surface area contributed by atoms with E-state index < -0.39 is 17.7 Å². The van der Waals surface area contributed by atoms with Crippen molar-refractivity contribution < 1.29 is 23.8 Å². The van der Waals surface area contributed by atoms with Crippen LogP contribution in [0.4, 0.5) is 0 Å². The number of halogens is 1. The third kappa shape index (κ3) is 4.75. The Morgan fingerprint density at radius 1 is 1.15 bits per heavy atom. The summed E-state index contributed by atoms with van der Waals surface area (Å²) in [7, 11) is 0. The maximum absolute atomic E-state index is 12.6. The van der Waals surface area contributed by atoms with E-state index in [1.165, 1.54) is 0 Å². The van der Waals surface area contributed by atoms with E-state index in [0.717, 1.165) is 0 Å². The van der Waals surface area contributed by atoms with Crippen LogP contribution in [0.25, 0.3) is 0 Å². The van der Waals surface area contributed by atoms with E-state index in [-0.39, 0.29) is 11.9 Å². The maximum Gasteiger partial charge on any atom is 0.316 e. The molecule has 0 spiro atoms. The Bertz CT molecular complexity index is 844. The van der Waals surface area contributed by atoms with Gasteiger partial charge >= 0.3 is 5.97 Å². The number of carbonyl (C=O) groups is 2. The van der Waals surface area contributed by atoms with Crippen LogP contribution in [0.5, 0.6) is 5.75 Å². The number of ether oxygens (including phenoxy) is 3. The number of rotatable bonds is 5. The molecule has 2 atom stereocenters. The van der Waals surface area contributed by atoms with Crippen LogP contribution in [0.2, 0.25) is 5.02 Å². The van der Waals surface area contributed by atoms with Crippen molar-refractivity contribution in [3.63, 3.8) is 0 Å². The molecule has 1 saturated heterocycles. The van der Waals surface area contributed by atoms with E-state index >= 15 is 0 Å². The zero-order valence-corrected chi connectivity index (χ0v) is 16.2. The highest BCUT2D eigenvalue weighted by Crippen LogP contribution is 2.28. The van der Waals surface area contributed by atoms with Gasteiger partial charge in [0.2, 0.25) is 0 Å². The average Bonchev–Trinajstić information content (AvgIpc) is 3.01. The standard InChI is InChI=1S/C21H21ClO5/c1-13(18-12-25-21(2,3)27-18)20(24)26-17-6-4-5-15(11-17)19(23)14-7-9-16(22)10-8-14/h4-11,13,18H,12H2,1-3H3. The first kappa shape index (κ1) is 19.5. The molecule has 2 unspecified atom stereocenters. The Morgan fingerprint density at radius 3 is 2.48 bits per heavy atom. The van der Waals surface area contributed by atoms with Crippen LogP contribution in [0.1, 0.15) is 36.7 Å². The van der Waals surface area contributed by atoms with Gasteiger partial charge in [-0.3, -0.25) is 9.59 Å². The van der Waals surface area contributed by atoms with Crippen molar-refractivity contribution in [3.05, 3.63) is 64.7 Å². The van der Waals surface area contributed by atoms with Crippen LogP contribution in [0, 0.1) is 5.92 Å². The molecular formula is C21H21ClO5. The fourth-order valence-corrected chi connectivity index (χ4v) is 2.92. The van der Waals surface area contributed by atoms with E-state index in [9.17, 15) is 9.59 Å². The van der Waals surface area contributed by atoms with E-state index in [4.69, 9.17) is 25.8 Å². The SMILES string of the molecule is CC(C(=O)Oc1cccc(C(=O)c2ccc(Cl)cc2)c1)C1COC(C)(C)O1. The number of hydrogen-bond acceptors (Lipinski definition) is 5. The van der Waals surface area contributed by atoms with Gasteiger partial charge < -0.3 is 14.2 Å². The molecular weight excluding hydrogens is 368 g/mol. The van der Waals surface area contributed by atoms with Crippen molar-refractivity contribution >= 4 is 23.4 Å². The number of carbonyl (C=O) groups excluding carboxylic acids is 2. The van der Waals surface area contributed by atoms with E-state index in [1.807, 2.05) is 0 Å². The zero-order valence-electron chi connectivity index (χ0n) is 15.4. The summed E-state index contributed by atoms with van der Waals surface area (Å²) in [6.07, 6.45) is -0.369.